The van der Waals surface area contributed by atoms with Crippen molar-refractivity contribution in [3.63, 3.8) is 0 Å². The summed E-state index contributed by atoms with van der Waals surface area (Å²) in [6, 6.07) is 15.8. The molecule has 0 amide bonds. The average Bonchev–Trinajstić information content (AvgIpc) is 2.63. The summed E-state index contributed by atoms with van der Waals surface area (Å²) in [6.07, 6.45) is 1.72. The lowest BCUT2D eigenvalue weighted by Crippen LogP contribution is -2.18. The molecule has 0 saturated heterocycles. The highest BCUT2D eigenvalue weighted by molar-refractivity contribution is 5.61. The topological polar surface area (TPSA) is 77.2 Å². The molecule has 0 aliphatic carbocycles. The summed E-state index contributed by atoms with van der Waals surface area (Å²) in [5, 5.41) is 13.9. The number of aromatic nitrogens is 1. The van der Waals surface area contributed by atoms with E-state index in [1.165, 1.54) is 6.07 Å². The third-order valence-corrected chi connectivity index (χ3v) is 3.91. The molecule has 6 nitrogen and oxygen atoms in total. The smallest absolute Gasteiger partial charge is 0.292 e. The quantitative estimate of drug-likeness (QED) is 0.543. The van der Waals surface area contributed by atoms with E-state index in [2.05, 4.69) is 5.32 Å². The fourth-order valence-corrected chi connectivity index (χ4v) is 2.56. The molecule has 3 aromatic rings. The van der Waals surface area contributed by atoms with Gasteiger partial charge in [0.2, 0.25) is 0 Å². The summed E-state index contributed by atoms with van der Waals surface area (Å²) >= 11 is 0. The van der Waals surface area contributed by atoms with Gasteiger partial charge in [0.15, 0.2) is 0 Å². The normalized spacial score (nSPS) is 10.5. The Hall–Kier alpha value is -3.48. The molecule has 132 valence electrons. The summed E-state index contributed by atoms with van der Waals surface area (Å²) in [4.78, 5) is 22.2. The van der Waals surface area contributed by atoms with Crippen LogP contribution in [-0.4, -0.2) is 9.49 Å². The first kappa shape index (κ1) is 17.3. The Balaban J connectivity index is 1.69. The van der Waals surface area contributed by atoms with Gasteiger partial charge in [0, 0.05) is 30.9 Å². The van der Waals surface area contributed by atoms with E-state index in [9.17, 15) is 19.3 Å². The summed E-state index contributed by atoms with van der Waals surface area (Å²) in [7, 11) is 0. The van der Waals surface area contributed by atoms with E-state index in [1.807, 2.05) is 24.3 Å². The van der Waals surface area contributed by atoms with Crippen LogP contribution in [0.25, 0.3) is 0 Å². The molecule has 3 rings (SSSR count). The minimum absolute atomic E-state index is 0.0725. The number of nitro benzene ring substituents is 1. The highest BCUT2D eigenvalue weighted by atomic mass is 19.1. The van der Waals surface area contributed by atoms with Crippen molar-refractivity contribution in [2.24, 2.45) is 0 Å². The number of hydrogen-bond acceptors (Lipinski definition) is 4. The maximum absolute atomic E-state index is 13.3. The van der Waals surface area contributed by atoms with Crippen LogP contribution >= 0.6 is 0 Å². The van der Waals surface area contributed by atoms with E-state index in [0.717, 1.165) is 29.3 Å². The Morgan fingerprint density at radius 2 is 1.77 bits per heavy atom. The van der Waals surface area contributed by atoms with Gasteiger partial charge in [-0.15, -0.1) is 0 Å². The second-order valence-corrected chi connectivity index (χ2v) is 5.76. The Labute approximate surface area is 148 Å². The predicted molar refractivity (Wildman–Crippen MR) is 96.6 cm³/mol. The number of halogens is 1. The molecule has 0 unspecified atom stereocenters. The van der Waals surface area contributed by atoms with Crippen molar-refractivity contribution >= 4 is 11.4 Å². The second-order valence-electron chi connectivity index (χ2n) is 5.76. The molecule has 1 N–H and O–H groups in total. The fourth-order valence-electron chi connectivity index (χ4n) is 2.56. The van der Waals surface area contributed by atoms with Crippen LogP contribution in [0.2, 0.25) is 0 Å². The lowest BCUT2D eigenvalue weighted by atomic mass is 10.1. The second kappa shape index (κ2) is 7.60. The molecule has 7 heteroatoms. The van der Waals surface area contributed by atoms with Gasteiger partial charge in [0.25, 0.3) is 11.2 Å². The molecular weight excluding hydrogens is 337 g/mol. The molecule has 0 aliphatic rings. The van der Waals surface area contributed by atoms with E-state index in [0.29, 0.717) is 13.1 Å². The number of benzene rings is 2. The minimum atomic E-state index is -0.553. The zero-order chi connectivity index (χ0) is 18.5. The first-order valence-corrected chi connectivity index (χ1v) is 7.94. The van der Waals surface area contributed by atoms with Crippen LogP contribution in [0.3, 0.4) is 0 Å². The van der Waals surface area contributed by atoms with Gasteiger partial charge in [-0.05, 0) is 23.3 Å². The highest BCUT2D eigenvalue weighted by Crippen LogP contribution is 2.25. The number of pyridine rings is 1. The molecular formula is C19H16FN3O3. The largest absolute Gasteiger partial charge is 0.375 e. The van der Waals surface area contributed by atoms with Crippen molar-refractivity contribution in [1.29, 1.82) is 0 Å². The predicted octanol–water partition coefficient (Wildman–Crippen LogP) is 3.56. The van der Waals surface area contributed by atoms with Gasteiger partial charge in [-0.3, -0.25) is 14.9 Å². The van der Waals surface area contributed by atoms with Crippen molar-refractivity contribution in [2.45, 2.75) is 13.1 Å². The zero-order valence-corrected chi connectivity index (χ0v) is 13.8. The first-order chi connectivity index (χ1) is 12.5. The van der Waals surface area contributed by atoms with E-state index in [1.54, 1.807) is 22.9 Å². The van der Waals surface area contributed by atoms with Crippen LogP contribution in [0, 0.1) is 15.9 Å². The summed E-state index contributed by atoms with van der Waals surface area (Å²) in [5.74, 6) is -0.540. The van der Waals surface area contributed by atoms with Gasteiger partial charge < -0.3 is 9.88 Å². The Bertz CT molecular complexity index is 984. The van der Waals surface area contributed by atoms with Gasteiger partial charge >= 0.3 is 0 Å². The van der Waals surface area contributed by atoms with Gasteiger partial charge in [-0.1, -0.05) is 30.3 Å². The summed E-state index contributed by atoms with van der Waals surface area (Å²) in [6.45, 7) is 0.776. The molecule has 2 aromatic carbocycles. The molecule has 0 atom stereocenters. The molecule has 0 aliphatic heterocycles. The van der Waals surface area contributed by atoms with Crippen LogP contribution in [0.4, 0.5) is 15.8 Å². The SMILES string of the molecule is O=c1ccccn1Cc1ccc(CNc2cc(F)ccc2[N+](=O)[O-])cc1. The summed E-state index contributed by atoms with van der Waals surface area (Å²) in [5.41, 5.74) is 1.73. The van der Waals surface area contributed by atoms with Crippen LogP contribution in [-0.2, 0) is 13.1 Å². The van der Waals surface area contributed by atoms with E-state index >= 15 is 0 Å². The zero-order valence-electron chi connectivity index (χ0n) is 13.8. The fraction of sp³-hybridized carbons (Fsp3) is 0.105. The molecule has 1 heterocycles. The molecule has 0 saturated carbocycles. The van der Waals surface area contributed by atoms with Crippen LogP contribution in [0.15, 0.2) is 71.7 Å². The summed E-state index contributed by atoms with van der Waals surface area (Å²) < 4.78 is 14.9. The monoisotopic (exact) mass is 353 g/mol. The Morgan fingerprint density at radius 1 is 1.04 bits per heavy atom. The van der Waals surface area contributed by atoms with E-state index < -0.39 is 10.7 Å². The average molecular weight is 353 g/mol. The van der Waals surface area contributed by atoms with E-state index in [-0.39, 0.29) is 16.9 Å². The third kappa shape index (κ3) is 4.13. The molecule has 0 radical (unpaired) electrons. The Kier molecular flexibility index (Phi) is 5.07. The number of nitrogens with zero attached hydrogens (tertiary/aromatic N) is 2. The van der Waals surface area contributed by atoms with Crippen molar-refractivity contribution in [3.05, 3.63) is 104 Å². The molecule has 0 bridgehead atoms. The van der Waals surface area contributed by atoms with Crippen LogP contribution in [0.5, 0.6) is 0 Å². The van der Waals surface area contributed by atoms with Crippen molar-refractivity contribution in [1.82, 2.24) is 4.57 Å². The van der Waals surface area contributed by atoms with Crippen molar-refractivity contribution in [3.8, 4) is 0 Å². The van der Waals surface area contributed by atoms with Gasteiger partial charge in [-0.2, -0.15) is 0 Å². The molecule has 0 spiro atoms. The molecule has 26 heavy (non-hydrogen) atoms. The maximum atomic E-state index is 13.3. The minimum Gasteiger partial charge on any atom is -0.375 e. The lowest BCUT2D eigenvalue weighted by molar-refractivity contribution is -0.384. The first-order valence-electron chi connectivity index (χ1n) is 7.94. The van der Waals surface area contributed by atoms with Crippen LogP contribution in [0.1, 0.15) is 11.1 Å². The number of anilines is 1. The van der Waals surface area contributed by atoms with Gasteiger partial charge in [-0.25, -0.2) is 4.39 Å². The van der Waals surface area contributed by atoms with Crippen LogP contribution < -0.4 is 10.9 Å². The van der Waals surface area contributed by atoms with E-state index in [4.69, 9.17) is 0 Å². The number of nitrogens with one attached hydrogen (secondary N) is 1. The van der Waals surface area contributed by atoms with Crippen molar-refractivity contribution in [2.75, 3.05) is 5.32 Å². The Morgan fingerprint density at radius 3 is 2.46 bits per heavy atom. The number of nitro groups is 1. The highest BCUT2D eigenvalue weighted by Gasteiger charge is 2.14. The van der Waals surface area contributed by atoms with Gasteiger partial charge in [0.05, 0.1) is 11.5 Å². The standard InChI is InChI=1S/C19H16FN3O3/c20-16-8-9-18(23(25)26)17(11-16)21-12-14-4-6-15(7-5-14)13-22-10-2-1-3-19(22)24/h1-11,21H,12-13H2. The molecule has 0 fully saturated rings. The third-order valence-electron chi connectivity index (χ3n) is 3.91. The molecule has 1 aromatic heterocycles. The van der Waals surface area contributed by atoms with Crippen molar-refractivity contribution < 1.29 is 9.31 Å². The number of rotatable bonds is 6. The maximum Gasteiger partial charge on any atom is 0.292 e. The number of hydrogen-bond donors (Lipinski definition) is 1. The lowest BCUT2D eigenvalue weighted by Gasteiger charge is -2.09. The van der Waals surface area contributed by atoms with Gasteiger partial charge in [0.1, 0.15) is 11.5 Å².